The molecule has 1 aromatic rings. The summed E-state index contributed by atoms with van der Waals surface area (Å²) in [5, 5.41) is 0. The topological polar surface area (TPSA) is 17.1 Å². The summed E-state index contributed by atoms with van der Waals surface area (Å²) in [6.07, 6.45) is 0.940. The van der Waals surface area contributed by atoms with E-state index >= 15 is 0 Å². The summed E-state index contributed by atoms with van der Waals surface area (Å²) in [4.78, 5) is 11.6. The monoisotopic (exact) mass is 292 g/mol. The molecule has 1 nitrogen and oxygen atoms in total. The van der Waals surface area contributed by atoms with Gasteiger partial charge in [-0.3, -0.25) is 4.79 Å². The zero-order valence-electron chi connectivity index (χ0n) is 11.8. The second-order valence-electron chi connectivity index (χ2n) is 6.41. The maximum absolute atomic E-state index is 13.1. The summed E-state index contributed by atoms with van der Waals surface area (Å²) in [7, 11) is 0. The van der Waals surface area contributed by atoms with Crippen molar-refractivity contribution in [2.45, 2.75) is 32.9 Å². The van der Waals surface area contributed by atoms with Crippen LogP contribution < -0.4 is 0 Å². The van der Waals surface area contributed by atoms with E-state index in [2.05, 4.69) is 13.8 Å². The number of halogens is 3. The number of carbonyl (C=O) groups is 1. The fraction of sp³-hybridized carbons (Fsp3) is 0.353. The highest BCUT2D eigenvalue weighted by Gasteiger charge is 2.39. The van der Waals surface area contributed by atoms with Crippen LogP contribution in [-0.2, 0) is 17.6 Å². The standard InChI is InChI=1S/C17H15F3O/c1-16(2)4-3-10-7-14-11(5-12(10)9-16)6-13(21)8-15(14)17(18,19)20/h3-5,7-8H,6,9H2,1-2H3. The fourth-order valence-corrected chi connectivity index (χ4v) is 2.99. The van der Waals surface area contributed by atoms with Crippen molar-refractivity contribution in [3.63, 3.8) is 0 Å². The van der Waals surface area contributed by atoms with Gasteiger partial charge in [-0.05, 0) is 46.2 Å². The molecular formula is C17H15F3O. The molecule has 4 heteroatoms. The molecule has 3 rings (SSSR count). The third-order valence-corrected chi connectivity index (χ3v) is 3.99. The minimum absolute atomic E-state index is 0.0113. The number of alkyl halides is 3. The van der Waals surface area contributed by atoms with Crippen LogP contribution in [0.1, 0.15) is 36.1 Å². The van der Waals surface area contributed by atoms with Crippen LogP contribution in [0.3, 0.4) is 0 Å². The predicted octanol–water partition coefficient (Wildman–Crippen LogP) is 4.35. The first-order chi connectivity index (χ1) is 9.66. The Morgan fingerprint density at radius 2 is 1.86 bits per heavy atom. The maximum Gasteiger partial charge on any atom is 0.417 e. The largest absolute Gasteiger partial charge is 0.417 e. The molecule has 0 atom stereocenters. The van der Waals surface area contributed by atoms with Gasteiger partial charge in [-0.25, -0.2) is 0 Å². The lowest BCUT2D eigenvalue weighted by atomic mass is 9.77. The van der Waals surface area contributed by atoms with Crippen molar-refractivity contribution in [3.8, 4) is 0 Å². The van der Waals surface area contributed by atoms with Crippen molar-refractivity contribution in [3.05, 3.63) is 46.5 Å². The van der Waals surface area contributed by atoms with Crippen LogP contribution in [0.5, 0.6) is 0 Å². The van der Waals surface area contributed by atoms with E-state index in [1.165, 1.54) is 0 Å². The zero-order valence-corrected chi connectivity index (χ0v) is 11.8. The van der Waals surface area contributed by atoms with E-state index in [9.17, 15) is 18.0 Å². The van der Waals surface area contributed by atoms with Gasteiger partial charge in [-0.15, -0.1) is 0 Å². The van der Waals surface area contributed by atoms with Crippen LogP contribution in [0.2, 0.25) is 0 Å². The number of hydrogen-bond acceptors (Lipinski definition) is 1. The molecule has 1 aromatic carbocycles. The summed E-state index contributed by atoms with van der Waals surface area (Å²) < 4.78 is 39.3. The van der Waals surface area contributed by atoms with Gasteiger partial charge in [0.1, 0.15) is 0 Å². The smallest absolute Gasteiger partial charge is 0.294 e. The van der Waals surface area contributed by atoms with Gasteiger partial charge in [0.25, 0.3) is 0 Å². The number of benzene rings is 1. The van der Waals surface area contributed by atoms with E-state index in [0.717, 1.165) is 23.6 Å². The lowest BCUT2D eigenvalue weighted by molar-refractivity contribution is -0.114. The van der Waals surface area contributed by atoms with Gasteiger partial charge in [0.2, 0.25) is 0 Å². The Balaban J connectivity index is 2.16. The normalized spacial score (nSPS) is 19.9. The van der Waals surface area contributed by atoms with Crippen LogP contribution in [0.25, 0.3) is 11.6 Å². The van der Waals surface area contributed by atoms with Crippen molar-refractivity contribution in [2.75, 3.05) is 0 Å². The molecule has 110 valence electrons. The Kier molecular flexibility index (Phi) is 2.91. The second kappa shape index (κ2) is 4.33. The Hall–Kier alpha value is -1.84. The lowest BCUT2D eigenvalue weighted by Gasteiger charge is -2.28. The highest BCUT2D eigenvalue weighted by atomic mass is 19.4. The Morgan fingerprint density at radius 3 is 2.52 bits per heavy atom. The molecule has 0 unspecified atom stereocenters. The van der Waals surface area contributed by atoms with Crippen molar-refractivity contribution in [1.29, 1.82) is 0 Å². The van der Waals surface area contributed by atoms with E-state index in [1.807, 2.05) is 12.2 Å². The van der Waals surface area contributed by atoms with Gasteiger partial charge in [-0.2, -0.15) is 13.2 Å². The molecule has 0 aromatic heterocycles. The molecule has 21 heavy (non-hydrogen) atoms. The number of fused-ring (bicyclic) bond motifs is 2. The first kappa shape index (κ1) is 14.1. The summed E-state index contributed by atoms with van der Waals surface area (Å²) in [5.74, 6) is -0.486. The van der Waals surface area contributed by atoms with E-state index in [-0.39, 0.29) is 17.4 Å². The van der Waals surface area contributed by atoms with Gasteiger partial charge < -0.3 is 0 Å². The average Bonchev–Trinajstić information content (AvgIpc) is 2.33. The van der Waals surface area contributed by atoms with E-state index in [0.29, 0.717) is 5.56 Å². The minimum Gasteiger partial charge on any atom is -0.294 e. The van der Waals surface area contributed by atoms with Crippen LogP contribution >= 0.6 is 0 Å². The maximum atomic E-state index is 13.1. The van der Waals surface area contributed by atoms with Gasteiger partial charge in [-0.1, -0.05) is 32.1 Å². The quantitative estimate of drug-likeness (QED) is 0.694. The van der Waals surface area contributed by atoms with Crippen LogP contribution in [0, 0.1) is 5.41 Å². The molecule has 0 amide bonds. The predicted molar refractivity (Wildman–Crippen MR) is 75.7 cm³/mol. The third kappa shape index (κ3) is 2.55. The van der Waals surface area contributed by atoms with Crippen LogP contribution in [0.15, 0.2) is 24.3 Å². The molecule has 0 saturated heterocycles. The van der Waals surface area contributed by atoms with E-state index in [4.69, 9.17) is 0 Å². The van der Waals surface area contributed by atoms with E-state index < -0.39 is 17.5 Å². The number of allylic oxidation sites excluding steroid dienone is 3. The molecular weight excluding hydrogens is 277 g/mol. The average molecular weight is 292 g/mol. The van der Waals surface area contributed by atoms with Gasteiger partial charge in [0, 0.05) is 6.42 Å². The Morgan fingerprint density at radius 1 is 1.14 bits per heavy atom. The molecule has 0 saturated carbocycles. The van der Waals surface area contributed by atoms with E-state index in [1.54, 1.807) is 12.1 Å². The summed E-state index contributed by atoms with van der Waals surface area (Å²) in [6, 6.07) is 3.34. The highest BCUT2D eigenvalue weighted by molar-refractivity contribution is 6.03. The zero-order chi connectivity index (χ0) is 15.4. The molecule has 2 aliphatic carbocycles. The Bertz CT molecular complexity index is 691. The van der Waals surface area contributed by atoms with Crippen molar-refractivity contribution in [1.82, 2.24) is 0 Å². The number of rotatable bonds is 0. The molecule has 0 fully saturated rings. The number of carbonyl (C=O) groups excluding carboxylic acids is 1. The number of hydrogen-bond donors (Lipinski definition) is 0. The highest BCUT2D eigenvalue weighted by Crippen LogP contribution is 2.41. The van der Waals surface area contributed by atoms with Crippen LogP contribution in [0.4, 0.5) is 13.2 Å². The molecule has 0 heterocycles. The molecule has 0 spiro atoms. The SMILES string of the molecule is CC1(C)C=Cc2cc3c(cc2C1)CC(=O)C=C3C(F)(F)F. The van der Waals surface area contributed by atoms with Crippen molar-refractivity contribution < 1.29 is 18.0 Å². The van der Waals surface area contributed by atoms with Gasteiger partial charge in [0.05, 0.1) is 5.57 Å². The number of ketones is 1. The first-order valence-electron chi connectivity index (χ1n) is 6.83. The summed E-state index contributed by atoms with van der Waals surface area (Å²) >= 11 is 0. The van der Waals surface area contributed by atoms with Gasteiger partial charge >= 0.3 is 6.18 Å². The third-order valence-electron chi connectivity index (χ3n) is 3.99. The second-order valence-corrected chi connectivity index (χ2v) is 6.41. The molecule has 0 bridgehead atoms. The van der Waals surface area contributed by atoms with Gasteiger partial charge in [0.15, 0.2) is 5.78 Å². The molecule has 2 aliphatic rings. The van der Waals surface area contributed by atoms with Crippen LogP contribution in [-0.4, -0.2) is 12.0 Å². The molecule has 0 radical (unpaired) electrons. The fourth-order valence-electron chi connectivity index (χ4n) is 2.99. The molecule has 0 aliphatic heterocycles. The summed E-state index contributed by atoms with van der Waals surface area (Å²) in [5.41, 5.74) is 1.62. The Labute approximate surface area is 121 Å². The minimum atomic E-state index is -4.50. The lowest BCUT2D eigenvalue weighted by Crippen LogP contribution is -2.21. The molecule has 0 N–H and O–H groups in total. The summed E-state index contributed by atoms with van der Waals surface area (Å²) in [6.45, 7) is 4.16. The van der Waals surface area contributed by atoms with Crippen molar-refractivity contribution in [2.24, 2.45) is 5.41 Å². The first-order valence-corrected chi connectivity index (χ1v) is 6.83. The van der Waals surface area contributed by atoms with Crippen molar-refractivity contribution >= 4 is 17.4 Å².